The number of carboxylic acid groups (broad SMARTS) is 2. The number of hydrogen-bond donors (Lipinski definition) is 2. The van der Waals surface area contributed by atoms with E-state index in [4.69, 9.17) is 19.7 Å². The number of carbonyl (C=O) groups is 4. The molecule has 0 aliphatic heterocycles. The van der Waals surface area contributed by atoms with Crippen LogP contribution in [0.4, 0.5) is 0 Å². The van der Waals surface area contributed by atoms with Gasteiger partial charge in [-0.3, -0.25) is 19.2 Å². The van der Waals surface area contributed by atoms with Crippen molar-refractivity contribution in [1.82, 2.24) is 0 Å². The number of ether oxygens (including phenoxy) is 2. The summed E-state index contributed by atoms with van der Waals surface area (Å²) in [6, 6.07) is 18.8. The van der Waals surface area contributed by atoms with Gasteiger partial charge < -0.3 is 19.7 Å². The average molecular weight is 557 g/mol. The van der Waals surface area contributed by atoms with Crippen molar-refractivity contribution in [3.8, 4) is 0 Å². The van der Waals surface area contributed by atoms with Gasteiger partial charge in [0.05, 0.1) is 24.7 Å². The summed E-state index contributed by atoms with van der Waals surface area (Å²) < 4.78 is 10.4. The molecule has 2 aromatic rings. The second-order valence-electron chi connectivity index (χ2n) is 9.77. The van der Waals surface area contributed by atoms with E-state index in [1.54, 1.807) is 0 Å². The summed E-state index contributed by atoms with van der Waals surface area (Å²) in [6.45, 7) is 4.53. The van der Waals surface area contributed by atoms with E-state index in [1.165, 1.54) is 0 Å². The third-order valence-corrected chi connectivity index (χ3v) is 6.27. The highest BCUT2D eigenvalue weighted by molar-refractivity contribution is 5.79. The monoisotopic (exact) mass is 556 g/mol. The summed E-state index contributed by atoms with van der Waals surface area (Å²) in [7, 11) is 0. The van der Waals surface area contributed by atoms with Crippen LogP contribution in [0.1, 0.15) is 89.2 Å². The molecule has 2 rings (SSSR count). The van der Waals surface area contributed by atoms with Crippen LogP contribution in [0.3, 0.4) is 0 Å². The molecular weight excluding hydrogens is 512 g/mol. The number of rotatable bonds is 18. The van der Waals surface area contributed by atoms with Crippen molar-refractivity contribution in [1.29, 1.82) is 0 Å². The fourth-order valence-electron chi connectivity index (χ4n) is 4.00. The summed E-state index contributed by atoms with van der Waals surface area (Å²) in [6.07, 6.45) is 6.64. The zero-order chi connectivity index (χ0) is 29.6. The van der Waals surface area contributed by atoms with Crippen molar-refractivity contribution in [2.24, 2.45) is 11.8 Å². The highest BCUT2D eigenvalue weighted by Gasteiger charge is 2.23. The Bertz CT molecular complexity index is 909. The molecule has 0 unspecified atom stereocenters. The van der Waals surface area contributed by atoms with Gasteiger partial charge in [-0.1, -0.05) is 113 Å². The fraction of sp³-hybridized carbons (Fsp3) is 0.500. The third-order valence-electron chi connectivity index (χ3n) is 6.27. The first-order valence-corrected chi connectivity index (χ1v) is 14.1. The SMILES string of the molecule is CCCCC[C@H](CC(=O)O)C(=O)OCc1ccccc1.CCCCC[C@H](CC(=O)O)C(=O)OCc1ccccc1. The normalized spacial score (nSPS) is 11.8. The smallest absolute Gasteiger partial charge is 0.309 e. The molecule has 40 heavy (non-hydrogen) atoms. The van der Waals surface area contributed by atoms with Crippen molar-refractivity contribution >= 4 is 23.9 Å². The van der Waals surface area contributed by atoms with Gasteiger partial charge in [0.1, 0.15) is 13.2 Å². The van der Waals surface area contributed by atoms with E-state index in [0.29, 0.717) is 12.8 Å². The van der Waals surface area contributed by atoms with Crippen LogP contribution in [0.2, 0.25) is 0 Å². The Kier molecular flexibility index (Phi) is 18.2. The average Bonchev–Trinajstić information content (AvgIpc) is 2.95. The summed E-state index contributed by atoms with van der Waals surface area (Å²) >= 11 is 0. The predicted octanol–water partition coefficient (Wildman–Crippen LogP) is 6.80. The first-order valence-electron chi connectivity index (χ1n) is 14.1. The Morgan fingerprint density at radius 3 is 1.25 bits per heavy atom. The van der Waals surface area contributed by atoms with Crippen LogP contribution < -0.4 is 0 Å². The molecular formula is C32H44O8. The molecule has 0 aromatic heterocycles. The molecule has 0 saturated heterocycles. The van der Waals surface area contributed by atoms with E-state index in [2.05, 4.69) is 13.8 Å². The van der Waals surface area contributed by atoms with Gasteiger partial charge in [0.2, 0.25) is 0 Å². The quantitative estimate of drug-likeness (QED) is 0.152. The lowest BCUT2D eigenvalue weighted by Gasteiger charge is -2.14. The van der Waals surface area contributed by atoms with Crippen molar-refractivity contribution in [3.63, 3.8) is 0 Å². The number of carboxylic acids is 2. The lowest BCUT2D eigenvalue weighted by Crippen LogP contribution is -2.21. The highest BCUT2D eigenvalue weighted by Crippen LogP contribution is 2.18. The maximum Gasteiger partial charge on any atom is 0.309 e. The molecule has 8 heteroatoms. The van der Waals surface area contributed by atoms with Crippen LogP contribution in [-0.2, 0) is 41.9 Å². The van der Waals surface area contributed by atoms with E-state index >= 15 is 0 Å². The first kappa shape index (κ1) is 34.3. The Balaban J connectivity index is 0.000000400. The molecule has 0 fully saturated rings. The molecule has 0 amide bonds. The number of esters is 2. The van der Waals surface area contributed by atoms with Gasteiger partial charge in [0, 0.05) is 0 Å². The molecule has 0 saturated carbocycles. The Morgan fingerprint density at radius 2 is 0.950 bits per heavy atom. The van der Waals surface area contributed by atoms with Crippen LogP contribution >= 0.6 is 0 Å². The van der Waals surface area contributed by atoms with Crippen LogP contribution in [0.5, 0.6) is 0 Å². The van der Waals surface area contributed by atoms with E-state index in [9.17, 15) is 19.2 Å². The second-order valence-corrected chi connectivity index (χ2v) is 9.77. The summed E-state index contributed by atoms with van der Waals surface area (Å²) in [5.41, 5.74) is 1.81. The molecule has 0 aliphatic carbocycles. The van der Waals surface area contributed by atoms with Crippen LogP contribution in [0.15, 0.2) is 60.7 Å². The third kappa shape index (κ3) is 16.3. The minimum Gasteiger partial charge on any atom is -0.481 e. The van der Waals surface area contributed by atoms with E-state index < -0.39 is 35.7 Å². The lowest BCUT2D eigenvalue weighted by atomic mass is 9.98. The Labute approximate surface area is 237 Å². The maximum absolute atomic E-state index is 12.0. The van der Waals surface area contributed by atoms with Gasteiger partial charge >= 0.3 is 23.9 Å². The van der Waals surface area contributed by atoms with Crippen molar-refractivity contribution in [3.05, 3.63) is 71.8 Å². The number of carbonyl (C=O) groups excluding carboxylic acids is 2. The van der Waals surface area contributed by atoms with Gasteiger partial charge in [-0.15, -0.1) is 0 Å². The molecule has 2 N–H and O–H groups in total. The van der Waals surface area contributed by atoms with Gasteiger partial charge in [-0.05, 0) is 24.0 Å². The largest absolute Gasteiger partial charge is 0.481 e. The zero-order valence-corrected chi connectivity index (χ0v) is 23.8. The van der Waals surface area contributed by atoms with Crippen molar-refractivity contribution in [2.75, 3.05) is 0 Å². The van der Waals surface area contributed by atoms with E-state index in [0.717, 1.165) is 49.7 Å². The summed E-state index contributed by atoms with van der Waals surface area (Å²) in [5.74, 6) is -3.81. The number of unbranched alkanes of at least 4 members (excludes halogenated alkanes) is 4. The molecule has 0 spiro atoms. The molecule has 0 radical (unpaired) electrons. The van der Waals surface area contributed by atoms with Gasteiger partial charge in [-0.25, -0.2) is 0 Å². The molecule has 0 heterocycles. The van der Waals surface area contributed by atoms with Gasteiger partial charge in [0.15, 0.2) is 0 Å². The number of hydrogen-bond acceptors (Lipinski definition) is 6. The highest BCUT2D eigenvalue weighted by atomic mass is 16.5. The van der Waals surface area contributed by atoms with Crippen molar-refractivity contribution < 1.29 is 38.9 Å². The second kappa shape index (κ2) is 21.2. The number of benzene rings is 2. The fourth-order valence-corrected chi connectivity index (χ4v) is 4.00. The zero-order valence-electron chi connectivity index (χ0n) is 23.8. The maximum atomic E-state index is 12.0. The van der Waals surface area contributed by atoms with Gasteiger partial charge in [0.25, 0.3) is 0 Å². The van der Waals surface area contributed by atoms with E-state index in [-0.39, 0.29) is 26.1 Å². The Hall–Kier alpha value is -3.68. The molecule has 0 bridgehead atoms. The molecule has 220 valence electrons. The lowest BCUT2D eigenvalue weighted by molar-refractivity contribution is -0.154. The van der Waals surface area contributed by atoms with Crippen LogP contribution in [0.25, 0.3) is 0 Å². The minimum absolute atomic E-state index is 0.155. The van der Waals surface area contributed by atoms with Crippen molar-refractivity contribution in [2.45, 2.75) is 91.3 Å². The molecule has 0 aliphatic rings. The van der Waals surface area contributed by atoms with E-state index in [1.807, 2.05) is 60.7 Å². The Morgan fingerprint density at radius 1 is 0.600 bits per heavy atom. The summed E-state index contributed by atoms with van der Waals surface area (Å²) in [5, 5.41) is 17.7. The molecule has 2 aromatic carbocycles. The number of aliphatic carboxylic acids is 2. The standard InChI is InChI=1S/2C16H22O4/c2*1-2-3-5-10-14(11-15(17)18)16(19)20-12-13-8-6-4-7-9-13/h2*4,6-9,14H,2-3,5,10-12H2,1H3,(H,17,18)/t2*14-/m11/s1. The van der Waals surface area contributed by atoms with Crippen LogP contribution in [-0.4, -0.2) is 34.1 Å². The topological polar surface area (TPSA) is 127 Å². The summed E-state index contributed by atoms with van der Waals surface area (Å²) in [4.78, 5) is 45.5. The van der Waals surface area contributed by atoms with Crippen LogP contribution in [0, 0.1) is 11.8 Å². The molecule has 2 atom stereocenters. The molecule has 8 nitrogen and oxygen atoms in total. The predicted molar refractivity (Wildman–Crippen MR) is 152 cm³/mol. The first-order chi connectivity index (χ1) is 19.3. The van der Waals surface area contributed by atoms with Gasteiger partial charge in [-0.2, -0.15) is 0 Å². The minimum atomic E-state index is -0.955.